The van der Waals surface area contributed by atoms with E-state index in [2.05, 4.69) is 4.99 Å². The van der Waals surface area contributed by atoms with Crippen molar-refractivity contribution in [2.45, 2.75) is 24.6 Å². The van der Waals surface area contributed by atoms with Gasteiger partial charge in [-0.15, -0.1) is 0 Å². The van der Waals surface area contributed by atoms with Gasteiger partial charge in [-0.3, -0.25) is 0 Å². The van der Waals surface area contributed by atoms with E-state index in [1.54, 1.807) is 33.2 Å². The molecule has 0 aromatic heterocycles. The Morgan fingerprint density at radius 3 is 2.64 bits per heavy atom. The maximum atomic E-state index is 11.8. The summed E-state index contributed by atoms with van der Waals surface area (Å²) in [5.41, 5.74) is 4.57. The van der Waals surface area contributed by atoms with Crippen molar-refractivity contribution in [1.82, 2.24) is 4.90 Å². The first-order valence-electron chi connectivity index (χ1n) is 4.32. The lowest BCUT2D eigenvalue weighted by atomic mass is 10.5. The van der Waals surface area contributed by atoms with Crippen molar-refractivity contribution >= 4 is 15.7 Å². The average Bonchev–Trinajstić information content (AvgIpc) is 2.08. The topological polar surface area (TPSA) is 75.8 Å². The van der Waals surface area contributed by atoms with E-state index in [0.717, 1.165) is 0 Å². The summed E-state index contributed by atoms with van der Waals surface area (Å²) >= 11 is 0. The zero-order chi connectivity index (χ0) is 10.9. The van der Waals surface area contributed by atoms with Gasteiger partial charge in [0.25, 0.3) is 0 Å². The fourth-order valence-corrected chi connectivity index (χ4v) is 2.37. The summed E-state index contributed by atoms with van der Waals surface area (Å²) < 4.78 is 23.6. The minimum Gasteiger partial charge on any atom is -0.384 e. The molecule has 0 saturated heterocycles. The van der Waals surface area contributed by atoms with E-state index in [1.807, 2.05) is 0 Å². The Labute approximate surface area is 84.2 Å². The molecule has 2 N–H and O–H groups in total. The van der Waals surface area contributed by atoms with E-state index < -0.39 is 20.6 Å². The van der Waals surface area contributed by atoms with Gasteiger partial charge in [0.05, 0.1) is 5.25 Å². The molecular formula is C8H15N3O2S. The van der Waals surface area contributed by atoms with Gasteiger partial charge in [-0.2, -0.15) is 0 Å². The highest BCUT2D eigenvalue weighted by atomic mass is 32.2. The Morgan fingerprint density at radius 1 is 1.57 bits per heavy atom. The highest BCUT2D eigenvalue weighted by molar-refractivity contribution is 7.92. The van der Waals surface area contributed by atoms with Gasteiger partial charge in [-0.05, 0) is 19.9 Å². The van der Waals surface area contributed by atoms with Crippen molar-refractivity contribution in [1.29, 1.82) is 0 Å². The van der Waals surface area contributed by atoms with Crippen molar-refractivity contribution in [3.8, 4) is 0 Å². The van der Waals surface area contributed by atoms with Gasteiger partial charge in [0.15, 0.2) is 9.84 Å². The van der Waals surface area contributed by atoms with Crippen LogP contribution in [0, 0.1) is 0 Å². The molecule has 1 heterocycles. The largest absolute Gasteiger partial charge is 0.384 e. The third-order valence-corrected chi connectivity index (χ3v) is 4.38. The quantitative estimate of drug-likeness (QED) is 0.701. The molecule has 6 heteroatoms. The maximum absolute atomic E-state index is 11.8. The fourth-order valence-electron chi connectivity index (χ4n) is 1.08. The number of nitrogens with zero attached hydrogens (tertiary/aromatic N) is 2. The highest BCUT2D eigenvalue weighted by Crippen LogP contribution is 2.16. The number of hydrogen-bond acceptors (Lipinski definition) is 5. The summed E-state index contributed by atoms with van der Waals surface area (Å²) in [6.07, 6.45) is 3.19. The SMILES string of the molecule is CC(C)S(=O)(=O)C1N=C(N)C=CN1C. The Hall–Kier alpha value is -1.04. The zero-order valence-corrected chi connectivity index (χ0v) is 9.32. The predicted octanol–water partition coefficient (Wildman–Crippen LogP) is -0.0905. The van der Waals surface area contributed by atoms with E-state index >= 15 is 0 Å². The van der Waals surface area contributed by atoms with Gasteiger partial charge in [-0.25, -0.2) is 13.4 Å². The normalized spacial score (nSPS) is 22.7. The monoisotopic (exact) mass is 217 g/mol. The lowest BCUT2D eigenvalue weighted by Crippen LogP contribution is -2.41. The van der Waals surface area contributed by atoms with Crippen LogP contribution in [0.1, 0.15) is 13.8 Å². The molecule has 1 atom stereocenters. The first-order chi connectivity index (χ1) is 6.35. The first kappa shape index (κ1) is 11.0. The zero-order valence-electron chi connectivity index (χ0n) is 8.51. The minimum absolute atomic E-state index is 0.248. The van der Waals surface area contributed by atoms with Crippen LogP contribution in [0.15, 0.2) is 17.3 Å². The number of rotatable bonds is 2. The molecule has 0 radical (unpaired) electrons. The van der Waals surface area contributed by atoms with Crippen LogP contribution in [0.3, 0.4) is 0 Å². The maximum Gasteiger partial charge on any atom is 0.226 e. The molecule has 0 saturated carbocycles. The Bertz CT molecular complexity index is 370. The van der Waals surface area contributed by atoms with Crippen molar-refractivity contribution < 1.29 is 8.42 Å². The molecule has 14 heavy (non-hydrogen) atoms. The van der Waals surface area contributed by atoms with Gasteiger partial charge >= 0.3 is 0 Å². The smallest absolute Gasteiger partial charge is 0.226 e. The summed E-state index contributed by atoms with van der Waals surface area (Å²) in [5, 5.41) is -0.460. The number of sulfone groups is 1. The van der Waals surface area contributed by atoms with Crippen molar-refractivity contribution in [3.05, 3.63) is 12.3 Å². The summed E-state index contributed by atoms with van der Waals surface area (Å²) in [6, 6.07) is 0. The molecule has 80 valence electrons. The van der Waals surface area contributed by atoms with Crippen LogP contribution in [0.2, 0.25) is 0 Å². The number of hydrogen-bond donors (Lipinski definition) is 1. The van der Waals surface area contributed by atoms with Gasteiger partial charge < -0.3 is 10.6 Å². The molecule has 0 fully saturated rings. The molecule has 1 rings (SSSR count). The fraction of sp³-hybridized carbons (Fsp3) is 0.625. The molecule has 1 aliphatic rings. The molecule has 0 bridgehead atoms. The van der Waals surface area contributed by atoms with E-state index in [0.29, 0.717) is 0 Å². The Balaban J connectivity index is 3.05. The van der Waals surface area contributed by atoms with Crippen LogP contribution < -0.4 is 5.73 Å². The summed E-state index contributed by atoms with van der Waals surface area (Å²) in [5.74, 6) is 0.248. The van der Waals surface area contributed by atoms with Gasteiger partial charge in [0.2, 0.25) is 5.50 Å². The number of aliphatic imine (C=N–C) groups is 1. The predicted molar refractivity (Wildman–Crippen MR) is 56.4 cm³/mol. The van der Waals surface area contributed by atoms with Crippen LogP contribution >= 0.6 is 0 Å². The van der Waals surface area contributed by atoms with Crippen molar-refractivity contribution in [2.24, 2.45) is 10.7 Å². The minimum atomic E-state index is -3.27. The molecule has 0 aromatic carbocycles. The summed E-state index contributed by atoms with van der Waals surface area (Å²) in [7, 11) is -1.61. The third-order valence-electron chi connectivity index (χ3n) is 2.04. The number of amidine groups is 1. The van der Waals surface area contributed by atoms with Crippen molar-refractivity contribution in [2.75, 3.05) is 7.05 Å². The van der Waals surface area contributed by atoms with Crippen LogP contribution in [0.4, 0.5) is 0 Å². The van der Waals surface area contributed by atoms with Crippen LogP contribution in [0.5, 0.6) is 0 Å². The van der Waals surface area contributed by atoms with Crippen LogP contribution in [0.25, 0.3) is 0 Å². The van der Waals surface area contributed by atoms with Crippen molar-refractivity contribution in [3.63, 3.8) is 0 Å². The van der Waals surface area contributed by atoms with E-state index in [1.165, 1.54) is 4.90 Å². The molecule has 1 aliphatic heterocycles. The number of nitrogens with two attached hydrogens (primary N) is 1. The average molecular weight is 217 g/mol. The molecule has 0 aromatic rings. The Morgan fingerprint density at radius 2 is 2.14 bits per heavy atom. The van der Waals surface area contributed by atoms with E-state index in [-0.39, 0.29) is 5.84 Å². The lowest BCUT2D eigenvalue weighted by molar-refractivity contribution is 0.404. The molecule has 1 unspecified atom stereocenters. The van der Waals surface area contributed by atoms with Gasteiger partial charge in [-0.1, -0.05) is 0 Å². The Kier molecular flexibility index (Phi) is 2.84. The molecule has 0 spiro atoms. The standard InChI is InChI=1S/C8H15N3O2S/c1-6(2)14(12,13)8-10-7(9)4-5-11(8)3/h4-6,8H,1-3H3,(H2,9,10). The second kappa shape index (κ2) is 3.61. The molecule has 0 aliphatic carbocycles. The highest BCUT2D eigenvalue weighted by Gasteiger charge is 2.31. The second-order valence-electron chi connectivity index (χ2n) is 3.50. The molecular weight excluding hydrogens is 202 g/mol. The van der Waals surface area contributed by atoms with E-state index in [9.17, 15) is 8.42 Å². The van der Waals surface area contributed by atoms with E-state index in [4.69, 9.17) is 5.73 Å². The van der Waals surface area contributed by atoms with Gasteiger partial charge in [0, 0.05) is 13.2 Å². The molecule has 5 nitrogen and oxygen atoms in total. The third kappa shape index (κ3) is 1.89. The van der Waals surface area contributed by atoms with Gasteiger partial charge in [0.1, 0.15) is 5.84 Å². The van der Waals surface area contributed by atoms with Crippen LogP contribution in [-0.4, -0.2) is 36.9 Å². The second-order valence-corrected chi connectivity index (χ2v) is 6.04. The first-order valence-corrected chi connectivity index (χ1v) is 5.93. The summed E-state index contributed by atoms with van der Waals surface area (Å²) in [6.45, 7) is 3.26. The molecule has 0 amide bonds. The summed E-state index contributed by atoms with van der Waals surface area (Å²) in [4.78, 5) is 5.44. The van der Waals surface area contributed by atoms with Crippen LogP contribution in [-0.2, 0) is 9.84 Å². The lowest BCUT2D eigenvalue weighted by Gasteiger charge is -2.27.